The van der Waals surface area contributed by atoms with E-state index in [1.807, 2.05) is 18.2 Å². The maximum absolute atomic E-state index is 13.0. The smallest absolute Gasteiger partial charge is 0.261 e. The van der Waals surface area contributed by atoms with Gasteiger partial charge in [0.25, 0.3) is 15.9 Å². The van der Waals surface area contributed by atoms with Gasteiger partial charge >= 0.3 is 0 Å². The van der Waals surface area contributed by atoms with E-state index in [2.05, 4.69) is 33.9 Å². The van der Waals surface area contributed by atoms with Gasteiger partial charge in [0, 0.05) is 38.4 Å². The van der Waals surface area contributed by atoms with Crippen LogP contribution in [0.5, 0.6) is 5.75 Å². The molecule has 0 atom stereocenters. The molecule has 0 aliphatic carbocycles. The minimum absolute atomic E-state index is 0.0305. The third-order valence-corrected chi connectivity index (χ3v) is 7.19. The van der Waals surface area contributed by atoms with E-state index in [9.17, 15) is 17.6 Å². The minimum atomic E-state index is -3.83. The van der Waals surface area contributed by atoms with Gasteiger partial charge in [0.2, 0.25) is 0 Å². The molecule has 3 aromatic rings. The predicted molar refractivity (Wildman–Crippen MR) is 138 cm³/mol. The Kier molecular flexibility index (Phi) is 8.35. The number of ether oxygens (including phenoxy) is 1. The zero-order valence-corrected chi connectivity index (χ0v) is 20.5. The van der Waals surface area contributed by atoms with E-state index in [-0.39, 0.29) is 23.1 Å². The van der Waals surface area contributed by atoms with Crippen LogP contribution in [0.25, 0.3) is 6.08 Å². The van der Waals surface area contributed by atoms with Gasteiger partial charge in [-0.2, -0.15) is 0 Å². The molecule has 0 saturated carbocycles. The van der Waals surface area contributed by atoms with Crippen molar-refractivity contribution < 1.29 is 22.3 Å². The number of halogens is 1. The molecule has 4 rings (SSSR count). The van der Waals surface area contributed by atoms with Gasteiger partial charge in [-0.05, 0) is 54.1 Å². The highest BCUT2D eigenvalue weighted by molar-refractivity contribution is 7.92. The summed E-state index contributed by atoms with van der Waals surface area (Å²) in [5.41, 5.74) is 1.42. The number of rotatable bonds is 9. The Morgan fingerprint density at radius 3 is 2.25 bits per heavy atom. The summed E-state index contributed by atoms with van der Waals surface area (Å²) >= 11 is 0. The highest BCUT2D eigenvalue weighted by Gasteiger charge is 2.21. The summed E-state index contributed by atoms with van der Waals surface area (Å²) in [6.07, 6.45) is 4.23. The van der Waals surface area contributed by atoms with Crippen LogP contribution in [0.3, 0.4) is 0 Å². The molecule has 0 radical (unpaired) electrons. The first-order valence-electron chi connectivity index (χ1n) is 11.6. The molecular formula is C27H28FN3O4S. The van der Waals surface area contributed by atoms with Gasteiger partial charge in [0.15, 0.2) is 6.61 Å². The minimum Gasteiger partial charge on any atom is -0.484 e. The van der Waals surface area contributed by atoms with Crippen molar-refractivity contribution in [3.63, 3.8) is 0 Å². The van der Waals surface area contributed by atoms with Crippen molar-refractivity contribution in [2.45, 2.75) is 4.90 Å². The van der Waals surface area contributed by atoms with Crippen molar-refractivity contribution >= 4 is 27.7 Å². The first kappa shape index (κ1) is 25.4. The normalized spacial score (nSPS) is 14.6. The fraction of sp³-hybridized carbons (Fsp3) is 0.222. The maximum atomic E-state index is 13.0. The van der Waals surface area contributed by atoms with Crippen LogP contribution in [-0.4, -0.2) is 63.5 Å². The van der Waals surface area contributed by atoms with E-state index in [0.29, 0.717) is 18.8 Å². The highest BCUT2D eigenvalue weighted by atomic mass is 32.2. The molecule has 7 nitrogen and oxygen atoms in total. The predicted octanol–water partition coefficient (Wildman–Crippen LogP) is 3.86. The molecule has 0 bridgehead atoms. The van der Waals surface area contributed by atoms with E-state index in [4.69, 9.17) is 4.74 Å². The second-order valence-corrected chi connectivity index (χ2v) is 10.0. The summed E-state index contributed by atoms with van der Waals surface area (Å²) < 4.78 is 46.1. The number of carbonyl (C=O) groups is 1. The quantitative estimate of drug-likeness (QED) is 0.474. The number of nitrogens with one attached hydrogen (secondary N) is 1. The summed E-state index contributed by atoms with van der Waals surface area (Å²) in [6, 6.07) is 21.0. The van der Waals surface area contributed by atoms with Gasteiger partial charge < -0.3 is 9.64 Å². The molecule has 9 heteroatoms. The Balaban J connectivity index is 1.21. The van der Waals surface area contributed by atoms with E-state index < -0.39 is 15.8 Å². The monoisotopic (exact) mass is 509 g/mol. The first-order chi connectivity index (χ1) is 17.4. The van der Waals surface area contributed by atoms with Gasteiger partial charge in [-0.25, -0.2) is 12.8 Å². The third kappa shape index (κ3) is 7.16. The number of benzene rings is 3. The van der Waals surface area contributed by atoms with Gasteiger partial charge in [0.05, 0.1) is 4.90 Å². The summed E-state index contributed by atoms with van der Waals surface area (Å²) in [5, 5.41) is 0. The van der Waals surface area contributed by atoms with Crippen molar-refractivity contribution in [2.75, 3.05) is 44.1 Å². The van der Waals surface area contributed by atoms with Crippen LogP contribution in [0, 0.1) is 5.82 Å². The molecule has 1 fully saturated rings. The van der Waals surface area contributed by atoms with E-state index in [1.54, 1.807) is 4.90 Å². The molecule has 36 heavy (non-hydrogen) atoms. The number of piperazine rings is 1. The molecule has 1 heterocycles. The number of sulfonamides is 1. The van der Waals surface area contributed by atoms with Crippen molar-refractivity contribution in [2.24, 2.45) is 0 Å². The van der Waals surface area contributed by atoms with E-state index in [1.165, 1.54) is 54.1 Å². The topological polar surface area (TPSA) is 78.9 Å². The number of anilines is 1. The molecule has 3 aromatic carbocycles. The summed E-state index contributed by atoms with van der Waals surface area (Å²) in [6.45, 7) is 3.56. The van der Waals surface area contributed by atoms with Crippen LogP contribution in [0.1, 0.15) is 5.56 Å². The van der Waals surface area contributed by atoms with Crippen molar-refractivity contribution in [1.82, 2.24) is 9.80 Å². The Morgan fingerprint density at radius 2 is 1.58 bits per heavy atom. The summed E-state index contributed by atoms with van der Waals surface area (Å²) in [5.74, 6) is -0.162. The molecule has 0 unspecified atom stereocenters. The molecule has 1 aliphatic rings. The summed E-state index contributed by atoms with van der Waals surface area (Å²) in [7, 11) is -3.83. The zero-order chi connectivity index (χ0) is 25.4. The number of hydrogen-bond donors (Lipinski definition) is 1. The van der Waals surface area contributed by atoms with Crippen LogP contribution in [0.4, 0.5) is 10.1 Å². The Hall–Kier alpha value is -3.69. The van der Waals surface area contributed by atoms with Gasteiger partial charge in [-0.15, -0.1) is 0 Å². The number of amides is 1. The lowest BCUT2D eigenvalue weighted by atomic mass is 10.2. The van der Waals surface area contributed by atoms with Crippen LogP contribution in [0.2, 0.25) is 0 Å². The Labute approximate surface area is 210 Å². The lowest BCUT2D eigenvalue weighted by Crippen LogP contribution is -2.49. The number of nitrogens with zero attached hydrogens (tertiary/aromatic N) is 2. The molecule has 1 N–H and O–H groups in total. The second-order valence-electron chi connectivity index (χ2n) is 8.37. The van der Waals surface area contributed by atoms with Crippen molar-refractivity contribution in [1.29, 1.82) is 0 Å². The third-order valence-electron chi connectivity index (χ3n) is 5.79. The van der Waals surface area contributed by atoms with E-state index >= 15 is 0 Å². The zero-order valence-electron chi connectivity index (χ0n) is 19.7. The fourth-order valence-corrected chi connectivity index (χ4v) is 4.82. The van der Waals surface area contributed by atoms with Gasteiger partial charge in [-0.3, -0.25) is 14.4 Å². The van der Waals surface area contributed by atoms with Crippen LogP contribution in [0.15, 0.2) is 89.8 Å². The largest absolute Gasteiger partial charge is 0.484 e. The van der Waals surface area contributed by atoms with Crippen LogP contribution in [-0.2, 0) is 14.8 Å². The Bertz CT molecular complexity index is 1270. The van der Waals surface area contributed by atoms with Gasteiger partial charge in [0.1, 0.15) is 11.6 Å². The number of hydrogen-bond acceptors (Lipinski definition) is 5. The van der Waals surface area contributed by atoms with Crippen molar-refractivity contribution in [3.8, 4) is 5.75 Å². The average molecular weight is 510 g/mol. The highest BCUT2D eigenvalue weighted by Crippen LogP contribution is 2.20. The average Bonchev–Trinajstić information content (AvgIpc) is 2.90. The molecule has 0 aromatic heterocycles. The second kappa shape index (κ2) is 11.8. The standard InChI is InChI=1S/C27H28FN3O4S/c28-23-8-10-24(11-9-23)29-36(33,34)26-14-12-25(13-15-26)35-21-27(32)31-19-17-30(18-20-31)16-4-7-22-5-2-1-3-6-22/h1-15,29H,16-21H2/b7-4+. The maximum Gasteiger partial charge on any atom is 0.261 e. The first-order valence-corrected chi connectivity index (χ1v) is 13.1. The molecule has 1 amide bonds. The molecule has 1 saturated heterocycles. The molecule has 0 spiro atoms. The van der Waals surface area contributed by atoms with Gasteiger partial charge in [-0.1, -0.05) is 42.5 Å². The van der Waals surface area contributed by atoms with E-state index in [0.717, 1.165) is 19.6 Å². The fourth-order valence-electron chi connectivity index (χ4n) is 3.77. The lowest BCUT2D eigenvalue weighted by molar-refractivity contribution is -0.135. The SMILES string of the molecule is O=C(COc1ccc(S(=O)(=O)Nc2ccc(F)cc2)cc1)N1CCN(C/C=C/c2ccccc2)CC1. The molecule has 188 valence electrons. The molecule has 1 aliphatic heterocycles. The summed E-state index contributed by atoms with van der Waals surface area (Å²) in [4.78, 5) is 16.7. The number of carbonyl (C=O) groups excluding carboxylic acids is 1. The van der Waals surface area contributed by atoms with Crippen LogP contribution >= 0.6 is 0 Å². The van der Waals surface area contributed by atoms with Crippen LogP contribution < -0.4 is 9.46 Å². The lowest BCUT2D eigenvalue weighted by Gasteiger charge is -2.34. The Morgan fingerprint density at radius 1 is 0.917 bits per heavy atom. The van der Waals surface area contributed by atoms with Crippen molar-refractivity contribution in [3.05, 3.63) is 96.3 Å². The molecular weight excluding hydrogens is 481 g/mol.